The Hall–Kier alpha value is -0.0400. The van der Waals surface area contributed by atoms with Crippen LogP contribution < -0.4 is 0 Å². The third kappa shape index (κ3) is 3.73. The average molecular weight is 252 g/mol. The van der Waals surface area contributed by atoms with Gasteiger partial charge in [0, 0.05) is 0 Å². The molecule has 0 amide bonds. The molecule has 0 aromatic heterocycles. The molecule has 0 heterocycles. The summed E-state index contributed by atoms with van der Waals surface area (Å²) in [6, 6.07) is 0. The molecule has 2 rings (SSSR count). The summed E-state index contributed by atoms with van der Waals surface area (Å²) in [6.45, 7) is 2.29. The Balaban J connectivity index is 1.72. The highest BCUT2D eigenvalue weighted by molar-refractivity contribution is 4.91. The fraction of sp³-hybridized carbons (Fsp3) is 1.00. The van der Waals surface area contributed by atoms with E-state index in [4.69, 9.17) is 0 Å². The molecule has 2 aliphatic rings. The molecule has 0 spiro atoms. The van der Waals surface area contributed by atoms with Gasteiger partial charge in [0.25, 0.3) is 0 Å². The maximum atomic E-state index is 10.8. The maximum absolute atomic E-state index is 10.8. The van der Waals surface area contributed by atoms with Gasteiger partial charge in [0.2, 0.25) is 0 Å². The van der Waals surface area contributed by atoms with E-state index in [1.54, 1.807) is 0 Å². The summed E-state index contributed by atoms with van der Waals surface area (Å²) >= 11 is 0. The Bertz CT molecular complexity index is 222. The molecule has 1 nitrogen and oxygen atoms in total. The van der Waals surface area contributed by atoms with Gasteiger partial charge >= 0.3 is 0 Å². The summed E-state index contributed by atoms with van der Waals surface area (Å²) < 4.78 is 0. The first kappa shape index (κ1) is 14.4. The van der Waals surface area contributed by atoms with Crippen LogP contribution in [0.4, 0.5) is 0 Å². The van der Waals surface area contributed by atoms with Crippen molar-refractivity contribution in [1.29, 1.82) is 0 Å². The van der Waals surface area contributed by atoms with Crippen molar-refractivity contribution in [3.8, 4) is 0 Å². The van der Waals surface area contributed by atoms with Crippen LogP contribution in [0, 0.1) is 11.8 Å². The number of aliphatic hydroxyl groups is 1. The second-order valence-corrected chi connectivity index (χ2v) is 6.88. The summed E-state index contributed by atoms with van der Waals surface area (Å²) in [6.07, 6.45) is 17.0. The van der Waals surface area contributed by atoms with Crippen LogP contribution in [-0.2, 0) is 0 Å². The van der Waals surface area contributed by atoms with Gasteiger partial charge in [-0.15, -0.1) is 0 Å². The van der Waals surface area contributed by atoms with E-state index in [0.29, 0.717) is 5.92 Å². The predicted molar refractivity (Wildman–Crippen MR) is 77.6 cm³/mol. The first-order valence-corrected chi connectivity index (χ1v) is 8.47. The molecule has 0 aromatic carbocycles. The molecule has 0 radical (unpaired) electrons. The highest BCUT2D eigenvalue weighted by Gasteiger charge is 2.39. The van der Waals surface area contributed by atoms with Crippen molar-refractivity contribution in [3.63, 3.8) is 0 Å². The van der Waals surface area contributed by atoms with Crippen molar-refractivity contribution >= 4 is 0 Å². The minimum atomic E-state index is -0.271. The van der Waals surface area contributed by atoms with Crippen molar-refractivity contribution < 1.29 is 5.11 Å². The molecule has 1 heteroatoms. The van der Waals surface area contributed by atoms with E-state index in [2.05, 4.69) is 6.92 Å². The smallest absolute Gasteiger partial charge is 0.0675 e. The van der Waals surface area contributed by atoms with Crippen LogP contribution in [0.15, 0.2) is 0 Å². The highest BCUT2D eigenvalue weighted by Crippen LogP contribution is 2.43. The molecule has 2 saturated carbocycles. The fourth-order valence-corrected chi connectivity index (χ4v) is 4.24. The fourth-order valence-electron chi connectivity index (χ4n) is 4.24. The summed E-state index contributed by atoms with van der Waals surface area (Å²) in [5.74, 6) is 1.60. The molecule has 0 aromatic rings. The van der Waals surface area contributed by atoms with Crippen LogP contribution in [0.5, 0.6) is 0 Å². The predicted octanol–water partition coefficient (Wildman–Crippen LogP) is 5.07. The number of unbranched alkanes of at least 4 members (excludes halogenated alkanes) is 2. The Morgan fingerprint density at radius 1 is 0.944 bits per heavy atom. The third-order valence-corrected chi connectivity index (χ3v) is 5.54. The van der Waals surface area contributed by atoms with Crippen molar-refractivity contribution in [1.82, 2.24) is 0 Å². The monoisotopic (exact) mass is 252 g/mol. The molecular formula is C17H32O. The number of hydrogen-bond donors (Lipinski definition) is 1. The van der Waals surface area contributed by atoms with E-state index in [0.717, 1.165) is 18.8 Å². The molecule has 1 N–H and O–H groups in total. The Morgan fingerprint density at radius 2 is 1.61 bits per heavy atom. The summed E-state index contributed by atoms with van der Waals surface area (Å²) in [7, 11) is 0. The molecule has 106 valence electrons. The molecule has 0 atom stereocenters. The van der Waals surface area contributed by atoms with Gasteiger partial charge < -0.3 is 5.11 Å². The third-order valence-electron chi connectivity index (χ3n) is 5.54. The van der Waals surface area contributed by atoms with E-state index in [-0.39, 0.29) is 5.60 Å². The molecular weight excluding hydrogens is 220 g/mol. The van der Waals surface area contributed by atoms with Crippen molar-refractivity contribution in [3.05, 3.63) is 0 Å². The van der Waals surface area contributed by atoms with Gasteiger partial charge in [-0.3, -0.25) is 0 Å². The first-order chi connectivity index (χ1) is 8.74. The van der Waals surface area contributed by atoms with Gasteiger partial charge in [-0.25, -0.2) is 0 Å². The largest absolute Gasteiger partial charge is 0.390 e. The summed E-state index contributed by atoms with van der Waals surface area (Å²) in [5.41, 5.74) is -0.271. The Labute approximate surface area is 113 Å². The zero-order chi connectivity index (χ0) is 12.8. The maximum Gasteiger partial charge on any atom is 0.0675 e. The molecule has 2 aliphatic carbocycles. The molecule has 0 bridgehead atoms. The SMILES string of the molecule is CCCCCC1CCC(C2(O)CCCCC2)CC1. The quantitative estimate of drug-likeness (QED) is 0.677. The van der Waals surface area contributed by atoms with Gasteiger partial charge in [-0.2, -0.15) is 0 Å². The lowest BCUT2D eigenvalue weighted by molar-refractivity contribution is -0.0656. The van der Waals surface area contributed by atoms with Gasteiger partial charge in [0.05, 0.1) is 5.60 Å². The van der Waals surface area contributed by atoms with Crippen LogP contribution in [0.2, 0.25) is 0 Å². The van der Waals surface area contributed by atoms with Gasteiger partial charge in [-0.1, -0.05) is 64.7 Å². The highest BCUT2D eigenvalue weighted by atomic mass is 16.3. The van der Waals surface area contributed by atoms with E-state index in [9.17, 15) is 5.11 Å². The second kappa shape index (κ2) is 6.93. The van der Waals surface area contributed by atoms with E-state index in [1.807, 2.05) is 0 Å². The van der Waals surface area contributed by atoms with E-state index >= 15 is 0 Å². The normalized spacial score (nSPS) is 32.3. The Morgan fingerprint density at radius 3 is 2.22 bits per heavy atom. The zero-order valence-electron chi connectivity index (χ0n) is 12.3. The lowest BCUT2D eigenvalue weighted by atomic mass is 9.67. The van der Waals surface area contributed by atoms with Crippen LogP contribution in [0.25, 0.3) is 0 Å². The lowest BCUT2D eigenvalue weighted by Gasteiger charge is -2.42. The number of hydrogen-bond acceptors (Lipinski definition) is 1. The van der Waals surface area contributed by atoms with Crippen LogP contribution in [0.3, 0.4) is 0 Å². The van der Waals surface area contributed by atoms with Crippen molar-refractivity contribution in [2.75, 3.05) is 0 Å². The van der Waals surface area contributed by atoms with E-state index in [1.165, 1.54) is 70.6 Å². The summed E-state index contributed by atoms with van der Waals surface area (Å²) in [4.78, 5) is 0. The lowest BCUT2D eigenvalue weighted by Crippen LogP contribution is -2.41. The topological polar surface area (TPSA) is 20.2 Å². The zero-order valence-corrected chi connectivity index (χ0v) is 12.3. The summed E-state index contributed by atoms with van der Waals surface area (Å²) in [5, 5.41) is 10.8. The molecule has 0 unspecified atom stereocenters. The average Bonchev–Trinajstić information content (AvgIpc) is 2.41. The van der Waals surface area contributed by atoms with Gasteiger partial charge in [0.15, 0.2) is 0 Å². The van der Waals surface area contributed by atoms with Gasteiger partial charge in [0.1, 0.15) is 0 Å². The standard InChI is InChI=1S/C17H32O/c1-2-3-5-8-15-9-11-16(12-10-15)17(18)13-6-4-7-14-17/h15-16,18H,2-14H2,1H3. The van der Waals surface area contributed by atoms with Gasteiger partial charge in [-0.05, 0) is 37.5 Å². The molecule has 18 heavy (non-hydrogen) atoms. The minimum absolute atomic E-state index is 0.271. The van der Waals surface area contributed by atoms with Crippen LogP contribution in [-0.4, -0.2) is 10.7 Å². The van der Waals surface area contributed by atoms with Crippen LogP contribution in [0.1, 0.15) is 90.4 Å². The number of rotatable bonds is 5. The Kier molecular flexibility index (Phi) is 5.54. The minimum Gasteiger partial charge on any atom is -0.390 e. The van der Waals surface area contributed by atoms with Crippen molar-refractivity contribution in [2.24, 2.45) is 11.8 Å². The second-order valence-electron chi connectivity index (χ2n) is 6.88. The molecule has 0 saturated heterocycles. The van der Waals surface area contributed by atoms with E-state index < -0.39 is 0 Å². The molecule has 2 fully saturated rings. The first-order valence-electron chi connectivity index (χ1n) is 8.47. The molecule has 0 aliphatic heterocycles. The van der Waals surface area contributed by atoms with Crippen molar-refractivity contribution in [2.45, 2.75) is 96.0 Å². The van der Waals surface area contributed by atoms with Crippen LogP contribution >= 0.6 is 0 Å².